The maximum absolute atomic E-state index is 12.9. The predicted octanol–water partition coefficient (Wildman–Crippen LogP) is 6.10. The molecule has 0 aromatic rings. The number of hydrogen-bond acceptors (Lipinski definition) is 5. The van der Waals surface area contributed by atoms with Gasteiger partial charge in [-0.25, -0.2) is 0 Å². The number of carbonyl (C=O) groups excluding carboxylic acids is 1. The zero-order valence-electron chi connectivity index (χ0n) is 20.3. The fourth-order valence-electron chi connectivity index (χ4n) is 3.46. The van der Waals surface area contributed by atoms with Crippen LogP contribution in [0.1, 0.15) is 73.1 Å². The van der Waals surface area contributed by atoms with Crippen molar-refractivity contribution in [1.82, 2.24) is 5.32 Å². The Hall–Kier alpha value is -1.19. The quantitative estimate of drug-likeness (QED) is 0.352. The van der Waals surface area contributed by atoms with E-state index < -0.39 is 17.3 Å². The summed E-state index contributed by atoms with van der Waals surface area (Å²) in [6, 6.07) is 0. The molecule has 0 saturated carbocycles. The SMILES string of the molecule is CCC1C=C(C(C)(C)COC2CCCCO2)C=C(NC(=O)C(C)(C)SCCCC(F)(F)F)O1. The van der Waals surface area contributed by atoms with Gasteiger partial charge < -0.3 is 14.2 Å². The van der Waals surface area contributed by atoms with Gasteiger partial charge in [-0.2, -0.15) is 13.2 Å². The van der Waals surface area contributed by atoms with Crippen molar-refractivity contribution in [3.05, 3.63) is 23.6 Å². The Bertz CT molecular complexity index is 713. The van der Waals surface area contributed by atoms with Gasteiger partial charge in [-0.1, -0.05) is 20.8 Å². The van der Waals surface area contributed by atoms with Crippen molar-refractivity contribution < 1.29 is 32.2 Å². The Kier molecular flexibility index (Phi) is 10.2. The van der Waals surface area contributed by atoms with Crippen LogP contribution in [0.5, 0.6) is 0 Å². The van der Waals surface area contributed by atoms with Gasteiger partial charge in [0.05, 0.1) is 11.4 Å². The van der Waals surface area contributed by atoms with Crippen molar-refractivity contribution >= 4 is 17.7 Å². The van der Waals surface area contributed by atoms with Gasteiger partial charge in [0.15, 0.2) is 12.2 Å². The Morgan fingerprint density at radius 3 is 2.58 bits per heavy atom. The van der Waals surface area contributed by atoms with Crippen LogP contribution in [0.25, 0.3) is 0 Å². The fraction of sp³-hybridized carbons (Fsp3) is 0.792. The normalized spacial score (nSPS) is 22.3. The first-order chi connectivity index (χ1) is 15.3. The molecule has 2 heterocycles. The number of carbonyl (C=O) groups is 1. The maximum Gasteiger partial charge on any atom is 0.389 e. The molecule has 190 valence electrons. The molecular weight excluding hydrogens is 455 g/mol. The molecule has 0 aromatic carbocycles. The predicted molar refractivity (Wildman–Crippen MR) is 125 cm³/mol. The summed E-state index contributed by atoms with van der Waals surface area (Å²) in [5.41, 5.74) is 0.679. The minimum absolute atomic E-state index is 0.0201. The molecule has 0 aromatic heterocycles. The fourth-order valence-corrected chi connectivity index (χ4v) is 4.44. The number of amides is 1. The highest BCUT2D eigenvalue weighted by Gasteiger charge is 2.33. The van der Waals surface area contributed by atoms with Gasteiger partial charge in [0.2, 0.25) is 5.91 Å². The number of allylic oxidation sites excluding steroid dienone is 1. The van der Waals surface area contributed by atoms with E-state index in [4.69, 9.17) is 14.2 Å². The molecule has 1 saturated heterocycles. The number of rotatable bonds is 11. The number of thioether (sulfide) groups is 1. The van der Waals surface area contributed by atoms with E-state index in [9.17, 15) is 18.0 Å². The first-order valence-electron chi connectivity index (χ1n) is 11.7. The summed E-state index contributed by atoms with van der Waals surface area (Å²) < 4.78 is 53.8. The summed E-state index contributed by atoms with van der Waals surface area (Å²) in [5.74, 6) is 0.303. The van der Waals surface area contributed by atoms with Gasteiger partial charge in [-0.3, -0.25) is 10.1 Å². The molecule has 2 rings (SSSR count). The van der Waals surface area contributed by atoms with E-state index in [1.165, 1.54) is 11.8 Å². The van der Waals surface area contributed by atoms with Gasteiger partial charge in [0.1, 0.15) is 6.10 Å². The average molecular weight is 494 g/mol. The third kappa shape index (κ3) is 9.53. The summed E-state index contributed by atoms with van der Waals surface area (Å²) in [6.07, 6.45) is 2.24. The molecule has 5 nitrogen and oxygen atoms in total. The van der Waals surface area contributed by atoms with Crippen molar-refractivity contribution in [3.8, 4) is 0 Å². The maximum atomic E-state index is 12.9. The summed E-state index contributed by atoms with van der Waals surface area (Å²) in [7, 11) is 0. The molecule has 2 aliphatic heterocycles. The smallest absolute Gasteiger partial charge is 0.389 e. The lowest BCUT2D eigenvalue weighted by Crippen LogP contribution is -2.41. The molecule has 1 amide bonds. The van der Waals surface area contributed by atoms with Gasteiger partial charge in [-0.05, 0) is 63.4 Å². The number of halogens is 3. The minimum atomic E-state index is -4.18. The Morgan fingerprint density at radius 1 is 1.24 bits per heavy atom. The summed E-state index contributed by atoms with van der Waals surface area (Å²) in [6.45, 7) is 10.8. The topological polar surface area (TPSA) is 56.8 Å². The van der Waals surface area contributed by atoms with Crippen LogP contribution in [0.3, 0.4) is 0 Å². The largest absolute Gasteiger partial charge is 0.471 e. The molecule has 2 atom stereocenters. The van der Waals surface area contributed by atoms with Gasteiger partial charge in [0, 0.05) is 24.5 Å². The minimum Gasteiger partial charge on any atom is -0.471 e. The molecular formula is C24H38F3NO4S. The van der Waals surface area contributed by atoms with Crippen LogP contribution in [0.15, 0.2) is 23.6 Å². The second kappa shape index (κ2) is 12.0. The van der Waals surface area contributed by atoms with E-state index in [0.29, 0.717) is 12.5 Å². The van der Waals surface area contributed by atoms with Crippen molar-refractivity contribution in [1.29, 1.82) is 0 Å². The summed E-state index contributed by atoms with van der Waals surface area (Å²) in [4.78, 5) is 12.9. The Labute approximate surface area is 199 Å². The summed E-state index contributed by atoms with van der Waals surface area (Å²) in [5, 5.41) is 2.84. The second-order valence-electron chi connectivity index (χ2n) is 9.72. The van der Waals surface area contributed by atoms with Crippen LogP contribution in [0.2, 0.25) is 0 Å². The van der Waals surface area contributed by atoms with Gasteiger partial charge in [-0.15, -0.1) is 11.8 Å². The first kappa shape index (κ1) is 28.1. The van der Waals surface area contributed by atoms with Gasteiger partial charge >= 0.3 is 6.18 Å². The lowest BCUT2D eigenvalue weighted by atomic mass is 9.83. The molecule has 1 N–H and O–H groups in total. The van der Waals surface area contributed by atoms with E-state index in [2.05, 4.69) is 25.2 Å². The second-order valence-corrected chi connectivity index (χ2v) is 11.4. The monoisotopic (exact) mass is 493 g/mol. The number of nitrogens with one attached hydrogen (secondary N) is 1. The zero-order valence-corrected chi connectivity index (χ0v) is 21.2. The van der Waals surface area contributed by atoms with E-state index in [1.54, 1.807) is 13.8 Å². The summed E-state index contributed by atoms with van der Waals surface area (Å²) >= 11 is 1.21. The van der Waals surface area contributed by atoms with Crippen LogP contribution in [0.4, 0.5) is 13.2 Å². The van der Waals surface area contributed by atoms with Crippen molar-refractivity contribution in [3.63, 3.8) is 0 Å². The Balaban J connectivity index is 1.98. The van der Waals surface area contributed by atoms with Crippen LogP contribution in [-0.2, 0) is 19.0 Å². The van der Waals surface area contributed by atoms with Crippen molar-refractivity contribution in [2.45, 2.75) is 96.5 Å². The third-order valence-electron chi connectivity index (χ3n) is 5.73. The van der Waals surface area contributed by atoms with Gasteiger partial charge in [0.25, 0.3) is 0 Å². The highest BCUT2D eigenvalue weighted by Crippen LogP contribution is 2.34. The van der Waals surface area contributed by atoms with Crippen LogP contribution >= 0.6 is 11.8 Å². The first-order valence-corrected chi connectivity index (χ1v) is 12.7. The highest BCUT2D eigenvalue weighted by atomic mass is 32.2. The van der Waals surface area contributed by atoms with E-state index >= 15 is 0 Å². The zero-order chi connectivity index (χ0) is 24.7. The number of ether oxygens (including phenoxy) is 3. The average Bonchev–Trinajstić information content (AvgIpc) is 2.75. The Morgan fingerprint density at radius 2 is 1.97 bits per heavy atom. The molecule has 33 heavy (non-hydrogen) atoms. The molecule has 0 bridgehead atoms. The standard InChI is InChI=1S/C24H38F3NO4S/c1-6-18-14-17(22(2,3)16-31-20-10-7-8-12-30-20)15-19(32-18)28-21(29)23(4,5)33-13-9-11-24(25,26)27/h14-15,18,20H,6-13,16H2,1-5H3,(H,28,29). The molecule has 2 aliphatic rings. The van der Waals surface area contributed by atoms with Crippen molar-refractivity contribution in [2.75, 3.05) is 19.0 Å². The van der Waals surface area contributed by atoms with Crippen LogP contribution in [-0.4, -0.2) is 48.2 Å². The molecule has 1 fully saturated rings. The highest BCUT2D eigenvalue weighted by molar-refractivity contribution is 8.01. The molecule has 9 heteroatoms. The number of hydrogen-bond donors (Lipinski definition) is 1. The third-order valence-corrected chi connectivity index (χ3v) is 7.13. The van der Waals surface area contributed by atoms with Crippen molar-refractivity contribution in [2.24, 2.45) is 5.41 Å². The van der Waals surface area contributed by atoms with E-state index in [-0.39, 0.29) is 35.9 Å². The van der Waals surface area contributed by atoms with E-state index in [0.717, 1.165) is 37.9 Å². The lowest BCUT2D eigenvalue weighted by Gasteiger charge is -2.34. The lowest BCUT2D eigenvalue weighted by molar-refractivity contribution is -0.173. The van der Waals surface area contributed by atoms with Crippen LogP contribution in [0, 0.1) is 5.41 Å². The molecule has 0 aliphatic carbocycles. The van der Waals surface area contributed by atoms with Crippen LogP contribution < -0.4 is 5.32 Å². The molecule has 0 spiro atoms. The van der Waals surface area contributed by atoms with E-state index in [1.807, 2.05) is 13.0 Å². The number of alkyl halides is 3. The molecule has 0 radical (unpaired) electrons. The molecule has 2 unspecified atom stereocenters.